The molecule has 0 aromatic heterocycles. The molecule has 0 aromatic carbocycles. The Bertz CT molecular complexity index is 173. The largest absolute Gasteiger partial charge is 0.468 e. The molecule has 0 amide bonds. The van der Waals surface area contributed by atoms with Gasteiger partial charge in [-0.1, -0.05) is 0 Å². The maximum absolute atomic E-state index is 10.7. The Morgan fingerprint density at radius 1 is 1.55 bits per heavy atom. The third-order valence-corrected chi connectivity index (χ3v) is 1.31. The molecule has 0 aliphatic carbocycles. The topological polar surface area (TPSA) is 60.4 Å². The van der Waals surface area contributed by atoms with E-state index in [9.17, 15) is 14.4 Å². The van der Waals surface area contributed by atoms with E-state index in [0.29, 0.717) is 6.29 Å². The number of rotatable bonds is 4. The molecule has 0 heterocycles. The predicted molar refractivity (Wildman–Crippen MR) is 36.9 cm³/mol. The Morgan fingerprint density at radius 3 is 2.36 bits per heavy atom. The molecule has 0 aromatic rings. The Balaban J connectivity index is 4.20. The van der Waals surface area contributed by atoms with Gasteiger partial charge in [-0.3, -0.25) is 9.59 Å². The van der Waals surface area contributed by atoms with Gasteiger partial charge in [0, 0.05) is 6.42 Å². The van der Waals surface area contributed by atoms with Crippen molar-refractivity contribution in [1.82, 2.24) is 0 Å². The normalized spacial score (nSPS) is 11.8. The molecule has 1 unspecified atom stereocenters. The lowest BCUT2D eigenvalue weighted by Crippen LogP contribution is -2.23. The van der Waals surface area contributed by atoms with Crippen molar-refractivity contribution in [1.29, 1.82) is 0 Å². The summed E-state index contributed by atoms with van der Waals surface area (Å²) in [6, 6.07) is 0. The first kappa shape index (κ1) is 9.81. The molecule has 1 atom stereocenters. The number of aldehydes is 1. The van der Waals surface area contributed by atoms with Gasteiger partial charge in [-0.2, -0.15) is 0 Å². The number of methoxy groups -OCH3 is 1. The Hall–Kier alpha value is -1.19. The van der Waals surface area contributed by atoms with Crippen LogP contribution >= 0.6 is 0 Å². The van der Waals surface area contributed by atoms with E-state index in [1.54, 1.807) is 0 Å². The maximum Gasteiger partial charge on any atom is 0.316 e. The van der Waals surface area contributed by atoms with Crippen LogP contribution in [0.2, 0.25) is 0 Å². The van der Waals surface area contributed by atoms with Crippen molar-refractivity contribution >= 4 is 18.0 Å². The van der Waals surface area contributed by atoms with Gasteiger partial charge in [-0.05, 0) is 6.92 Å². The van der Waals surface area contributed by atoms with Gasteiger partial charge in [0.05, 0.1) is 7.11 Å². The number of hydrogen-bond acceptors (Lipinski definition) is 4. The van der Waals surface area contributed by atoms with Crippen LogP contribution in [0, 0.1) is 5.92 Å². The molecular weight excluding hydrogens is 148 g/mol. The fourth-order valence-electron chi connectivity index (χ4n) is 0.667. The molecule has 4 heteroatoms. The van der Waals surface area contributed by atoms with Crippen molar-refractivity contribution in [2.75, 3.05) is 7.11 Å². The second kappa shape index (κ2) is 4.60. The van der Waals surface area contributed by atoms with Crippen LogP contribution in [0.15, 0.2) is 0 Å². The molecule has 0 bridgehead atoms. The lowest BCUT2D eigenvalue weighted by atomic mass is 10.0. The van der Waals surface area contributed by atoms with Crippen molar-refractivity contribution < 1.29 is 19.1 Å². The van der Waals surface area contributed by atoms with Crippen molar-refractivity contribution in [2.45, 2.75) is 13.3 Å². The van der Waals surface area contributed by atoms with Crippen LogP contribution in [0.5, 0.6) is 0 Å². The number of carbonyl (C=O) groups is 3. The average Bonchev–Trinajstić information content (AvgIpc) is 1.98. The van der Waals surface area contributed by atoms with Crippen LogP contribution in [0.25, 0.3) is 0 Å². The molecule has 0 aliphatic rings. The van der Waals surface area contributed by atoms with Gasteiger partial charge in [-0.25, -0.2) is 0 Å². The van der Waals surface area contributed by atoms with Gasteiger partial charge in [0.15, 0.2) is 0 Å². The van der Waals surface area contributed by atoms with E-state index < -0.39 is 11.9 Å². The summed E-state index contributed by atoms with van der Waals surface area (Å²) in [6.45, 7) is 1.26. The molecule has 11 heavy (non-hydrogen) atoms. The first-order chi connectivity index (χ1) is 5.13. The monoisotopic (exact) mass is 158 g/mol. The minimum Gasteiger partial charge on any atom is -0.468 e. The molecular formula is C7H10O4. The number of ether oxygens (including phenoxy) is 1. The van der Waals surface area contributed by atoms with Gasteiger partial charge < -0.3 is 9.53 Å². The van der Waals surface area contributed by atoms with Gasteiger partial charge in [0.2, 0.25) is 0 Å². The highest BCUT2D eigenvalue weighted by atomic mass is 16.5. The minimum atomic E-state index is -0.919. The van der Waals surface area contributed by atoms with E-state index in [1.165, 1.54) is 14.0 Å². The molecule has 0 fully saturated rings. The molecule has 0 N–H and O–H groups in total. The molecule has 0 rings (SSSR count). The number of hydrogen-bond donors (Lipinski definition) is 0. The number of esters is 1. The first-order valence-corrected chi connectivity index (χ1v) is 3.15. The van der Waals surface area contributed by atoms with Crippen molar-refractivity contribution in [3.8, 4) is 0 Å². The van der Waals surface area contributed by atoms with Crippen LogP contribution in [-0.2, 0) is 19.1 Å². The van der Waals surface area contributed by atoms with E-state index in [4.69, 9.17) is 0 Å². The SMILES string of the molecule is COC(=O)C(CC=O)C(C)=O. The van der Waals surface area contributed by atoms with Crippen LogP contribution in [0.3, 0.4) is 0 Å². The third-order valence-electron chi connectivity index (χ3n) is 1.31. The summed E-state index contributed by atoms with van der Waals surface area (Å²) < 4.78 is 4.31. The van der Waals surface area contributed by atoms with Crippen LogP contribution in [-0.4, -0.2) is 25.1 Å². The van der Waals surface area contributed by atoms with E-state index in [1.807, 2.05) is 0 Å². The highest BCUT2D eigenvalue weighted by Gasteiger charge is 2.22. The average molecular weight is 158 g/mol. The number of carbonyl (C=O) groups excluding carboxylic acids is 3. The molecule has 62 valence electrons. The Morgan fingerprint density at radius 2 is 2.09 bits per heavy atom. The standard InChI is InChI=1S/C7H10O4/c1-5(9)6(3-4-8)7(10)11-2/h4,6H,3H2,1-2H3. The molecule has 0 spiro atoms. The van der Waals surface area contributed by atoms with Gasteiger partial charge in [-0.15, -0.1) is 0 Å². The molecule has 0 saturated carbocycles. The third kappa shape index (κ3) is 2.93. The van der Waals surface area contributed by atoms with Crippen LogP contribution in [0.4, 0.5) is 0 Å². The second-order valence-electron chi connectivity index (χ2n) is 2.09. The van der Waals surface area contributed by atoms with Crippen LogP contribution in [0.1, 0.15) is 13.3 Å². The number of ketones is 1. The quantitative estimate of drug-likeness (QED) is 0.327. The lowest BCUT2D eigenvalue weighted by molar-refractivity contribution is -0.149. The van der Waals surface area contributed by atoms with Crippen molar-refractivity contribution in [3.63, 3.8) is 0 Å². The summed E-state index contributed by atoms with van der Waals surface area (Å²) >= 11 is 0. The zero-order valence-electron chi connectivity index (χ0n) is 6.49. The summed E-state index contributed by atoms with van der Waals surface area (Å²) in [4.78, 5) is 31.4. The Kier molecular flexibility index (Phi) is 4.10. The van der Waals surface area contributed by atoms with Gasteiger partial charge >= 0.3 is 5.97 Å². The summed E-state index contributed by atoms with van der Waals surface area (Å²) in [5.74, 6) is -1.91. The second-order valence-corrected chi connectivity index (χ2v) is 2.09. The summed E-state index contributed by atoms with van der Waals surface area (Å²) in [6.07, 6.45) is 0.436. The molecule has 4 nitrogen and oxygen atoms in total. The van der Waals surface area contributed by atoms with Gasteiger partial charge in [0.1, 0.15) is 18.0 Å². The minimum absolute atomic E-state index is 0.0952. The maximum atomic E-state index is 10.7. The summed E-state index contributed by atoms with van der Waals surface area (Å²) in [5.41, 5.74) is 0. The van der Waals surface area contributed by atoms with E-state index in [2.05, 4.69) is 4.74 Å². The highest BCUT2D eigenvalue weighted by molar-refractivity contribution is 5.99. The Labute approximate surface area is 64.5 Å². The zero-order chi connectivity index (χ0) is 8.85. The first-order valence-electron chi connectivity index (χ1n) is 3.15. The van der Waals surface area contributed by atoms with E-state index in [0.717, 1.165) is 0 Å². The van der Waals surface area contributed by atoms with Crippen molar-refractivity contribution in [2.24, 2.45) is 5.92 Å². The predicted octanol–water partition coefficient (Wildman–Crippen LogP) is -0.0464. The molecule has 0 aliphatic heterocycles. The smallest absolute Gasteiger partial charge is 0.316 e. The van der Waals surface area contributed by atoms with Crippen LogP contribution < -0.4 is 0 Å². The lowest BCUT2D eigenvalue weighted by Gasteiger charge is -2.05. The van der Waals surface area contributed by atoms with Crippen molar-refractivity contribution in [3.05, 3.63) is 0 Å². The fourth-order valence-corrected chi connectivity index (χ4v) is 0.667. The van der Waals surface area contributed by atoms with Gasteiger partial charge in [0.25, 0.3) is 0 Å². The van der Waals surface area contributed by atoms with E-state index >= 15 is 0 Å². The zero-order valence-corrected chi connectivity index (χ0v) is 6.49. The fraction of sp³-hybridized carbons (Fsp3) is 0.571. The summed E-state index contributed by atoms with van der Waals surface area (Å²) in [5, 5.41) is 0. The number of Topliss-reactive ketones (excluding diaryl/α,β-unsaturated/α-hetero) is 1. The summed E-state index contributed by atoms with van der Waals surface area (Å²) in [7, 11) is 1.18. The molecule has 0 radical (unpaired) electrons. The highest BCUT2D eigenvalue weighted by Crippen LogP contribution is 2.04. The molecule has 0 saturated heterocycles. The van der Waals surface area contributed by atoms with E-state index in [-0.39, 0.29) is 12.2 Å².